The molecule has 1 rings (SSSR count). The zero-order valence-corrected chi connectivity index (χ0v) is 13.9. The SMILES string of the molecule is CC(C)NCCO[C@H]1C[C@H](OCCOCC(C)(C)C)C1. The summed E-state index contributed by atoms with van der Waals surface area (Å²) in [6.45, 7) is 14.7. The monoisotopic (exact) mass is 287 g/mol. The van der Waals surface area contributed by atoms with Crippen LogP contribution in [0.15, 0.2) is 0 Å². The predicted molar refractivity (Wildman–Crippen MR) is 82.1 cm³/mol. The van der Waals surface area contributed by atoms with Gasteiger partial charge in [-0.15, -0.1) is 0 Å². The van der Waals surface area contributed by atoms with Crippen LogP contribution in [0.5, 0.6) is 0 Å². The molecule has 120 valence electrons. The Balaban J connectivity index is 1.85. The van der Waals surface area contributed by atoms with Gasteiger partial charge in [-0.25, -0.2) is 0 Å². The van der Waals surface area contributed by atoms with E-state index in [1.807, 2.05) is 0 Å². The molecule has 4 heteroatoms. The maximum absolute atomic E-state index is 5.76. The van der Waals surface area contributed by atoms with E-state index in [0.717, 1.165) is 32.6 Å². The minimum absolute atomic E-state index is 0.236. The van der Waals surface area contributed by atoms with E-state index in [0.29, 0.717) is 31.5 Å². The zero-order valence-electron chi connectivity index (χ0n) is 13.9. The summed E-state index contributed by atoms with van der Waals surface area (Å²) in [6, 6.07) is 0.532. The van der Waals surface area contributed by atoms with Crippen LogP contribution >= 0.6 is 0 Å². The van der Waals surface area contributed by atoms with Gasteiger partial charge in [-0.2, -0.15) is 0 Å². The molecule has 0 atom stereocenters. The van der Waals surface area contributed by atoms with Gasteiger partial charge in [0.05, 0.1) is 38.6 Å². The highest BCUT2D eigenvalue weighted by Crippen LogP contribution is 2.26. The van der Waals surface area contributed by atoms with E-state index in [1.165, 1.54) is 0 Å². The first kappa shape index (κ1) is 17.9. The molecule has 0 radical (unpaired) electrons. The van der Waals surface area contributed by atoms with Gasteiger partial charge in [0, 0.05) is 12.6 Å². The normalized spacial score (nSPS) is 23.1. The molecule has 1 aliphatic rings. The summed E-state index contributed by atoms with van der Waals surface area (Å²) in [7, 11) is 0. The summed E-state index contributed by atoms with van der Waals surface area (Å²) >= 11 is 0. The minimum atomic E-state index is 0.236. The number of nitrogens with one attached hydrogen (secondary N) is 1. The molecular weight excluding hydrogens is 254 g/mol. The van der Waals surface area contributed by atoms with Gasteiger partial charge in [0.2, 0.25) is 0 Å². The molecule has 0 aromatic heterocycles. The van der Waals surface area contributed by atoms with E-state index in [2.05, 4.69) is 39.9 Å². The van der Waals surface area contributed by atoms with Gasteiger partial charge < -0.3 is 19.5 Å². The molecule has 0 aliphatic heterocycles. The fourth-order valence-electron chi connectivity index (χ4n) is 2.01. The number of hydrogen-bond acceptors (Lipinski definition) is 4. The summed E-state index contributed by atoms with van der Waals surface area (Å²) in [5.74, 6) is 0. The van der Waals surface area contributed by atoms with E-state index in [4.69, 9.17) is 14.2 Å². The topological polar surface area (TPSA) is 39.7 Å². The Morgan fingerprint density at radius 2 is 1.60 bits per heavy atom. The smallest absolute Gasteiger partial charge is 0.0704 e. The number of rotatable bonds is 10. The zero-order chi connectivity index (χ0) is 15.0. The summed E-state index contributed by atoms with van der Waals surface area (Å²) < 4.78 is 17.1. The molecule has 0 heterocycles. The highest BCUT2D eigenvalue weighted by molar-refractivity contribution is 4.81. The molecule has 1 saturated carbocycles. The maximum atomic E-state index is 5.76. The first-order chi connectivity index (χ1) is 9.37. The molecule has 20 heavy (non-hydrogen) atoms. The van der Waals surface area contributed by atoms with Crippen LogP contribution in [0.3, 0.4) is 0 Å². The molecule has 0 aromatic rings. The van der Waals surface area contributed by atoms with Gasteiger partial charge in [0.15, 0.2) is 0 Å². The molecule has 4 nitrogen and oxygen atoms in total. The van der Waals surface area contributed by atoms with Crippen molar-refractivity contribution in [3.63, 3.8) is 0 Å². The number of ether oxygens (including phenoxy) is 3. The van der Waals surface area contributed by atoms with Crippen molar-refractivity contribution in [3.05, 3.63) is 0 Å². The fourth-order valence-corrected chi connectivity index (χ4v) is 2.01. The van der Waals surface area contributed by atoms with Crippen molar-refractivity contribution in [1.29, 1.82) is 0 Å². The molecule has 0 amide bonds. The van der Waals surface area contributed by atoms with Crippen LogP contribution < -0.4 is 5.32 Å². The van der Waals surface area contributed by atoms with Gasteiger partial charge in [-0.3, -0.25) is 0 Å². The molecular formula is C16H33NO3. The van der Waals surface area contributed by atoms with Gasteiger partial charge in [0.1, 0.15) is 0 Å². The third kappa shape index (κ3) is 8.90. The summed E-state index contributed by atoms with van der Waals surface area (Å²) in [6.07, 6.45) is 2.82. The first-order valence-corrected chi connectivity index (χ1v) is 7.91. The van der Waals surface area contributed by atoms with Gasteiger partial charge in [-0.05, 0) is 18.3 Å². The van der Waals surface area contributed by atoms with E-state index in [-0.39, 0.29) is 5.41 Å². The average Bonchev–Trinajstić information content (AvgIpc) is 2.27. The lowest BCUT2D eigenvalue weighted by atomic mass is 9.92. The van der Waals surface area contributed by atoms with Crippen molar-refractivity contribution in [2.75, 3.05) is 33.0 Å². The van der Waals surface area contributed by atoms with E-state index >= 15 is 0 Å². The second-order valence-electron chi connectivity index (χ2n) is 7.18. The highest BCUT2D eigenvalue weighted by Gasteiger charge is 2.30. The van der Waals surface area contributed by atoms with Crippen molar-refractivity contribution < 1.29 is 14.2 Å². The van der Waals surface area contributed by atoms with Crippen molar-refractivity contribution in [1.82, 2.24) is 5.32 Å². The van der Waals surface area contributed by atoms with E-state index < -0.39 is 0 Å². The Hall–Kier alpha value is -0.160. The van der Waals surface area contributed by atoms with Crippen LogP contribution in [-0.4, -0.2) is 51.2 Å². The van der Waals surface area contributed by atoms with Crippen molar-refractivity contribution in [3.8, 4) is 0 Å². The van der Waals surface area contributed by atoms with Crippen LogP contribution in [0.1, 0.15) is 47.5 Å². The van der Waals surface area contributed by atoms with E-state index in [9.17, 15) is 0 Å². The molecule has 1 aliphatic carbocycles. The van der Waals surface area contributed by atoms with Crippen molar-refractivity contribution in [2.24, 2.45) is 5.41 Å². The standard InChI is InChI=1S/C16H33NO3/c1-13(2)17-6-7-19-14-10-15(11-14)20-9-8-18-12-16(3,4)5/h13-15,17H,6-12H2,1-5H3/t14-,15-. The summed E-state index contributed by atoms with van der Waals surface area (Å²) in [4.78, 5) is 0. The molecule has 0 unspecified atom stereocenters. The first-order valence-electron chi connectivity index (χ1n) is 7.91. The average molecular weight is 287 g/mol. The van der Waals surface area contributed by atoms with Crippen molar-refractivity contribution in [2.45, 2.75) is 65.7 Å². The second kappa shape index (κ2) is 8.98. The quantitative estimate of drug-likeness (QED) is 0.627. The largest absolute Gasteiger partial charge is 0.379 e. The van der Waals surface area contributed by atoms with Crippen LogP contribution in [0, 0.1) is 5.41 Å². The Morgan fingerprint density at radius 1 is 1.00 bits per heavy atom. The predicted octanol–water partition coefficient (Wildman–Crippen LogP) is 2.61. The minimum Gasteiger partial charge on any atom is -0.379 e. The molecule has 1 fully saturated rings. The number of hydrogen-bond donors (Lipinski definition) is 1. The van der Waals surface area contributed by atoms with Gasteiger partial charge >= 0.3 is 0 Å². The molecule has 0 aromatic carbocycles. The highest BCUT2D eigenvalue weighted by atomic mass is 16.5. The Morgan fingerprint density at radius 3 is 2.15 bits per heavy atom. The molecule has 0 saturated heterocycles. The maximum Gasteiger partial charge on any atom is 0.0704 e. The lowest BCUT2D eigenvalue weighted by Crippen LogP contribution is -2.39. The van der Waals surface area contributed by atoms with Crippen LogP contribution in [-0.2, 0) is 14.2 Å². The van der Waals surface area contributed by atoms with Crippen LogP contribution in [0.25, 0.3) is 0 Å². The molecule has 1 N–H and O–H groups in total. The lowest BCUT2D eigenvalue weighted by Gasteiger charge is -2.35. The second-order valence-corrected chi connectivity index (χ2v) is 7.18. The van der Waals surface area contributed by atoms with Gasteiger partial charge in [0.25, 0.3) is 0 Å². The van der Waals surface area contributed by atoms with E-state index in [1.54, 1.807) is 0 Å². The van der Waals surface area contributed by atoms with Gasteiger partial charge in [-0.1, -0.05) is 34.6 Å². The van der Waals surface area contributed by atoms with Crippen LogP contribution in [0.4, 0.5) is 0 Å². The third-order valence-electron chi connectivity index (χ3n) is 3.18. The lowest BCUT2D eigenvalue weighted by molar-refractivity contribution is -0.110. The Labute approximate surface area is 124 Å². The Bertz CT molecular complexity index is 245. The summed E-state index contributed by atoms with van der Waals surface area (Å²) in [5.41, 5.74) is 0.236. The van der Waals surface area contributed by atoms with Crippen LogP contribution in [0.2, 0.25) is 0 Å². The summed E-state index contributed by atoms with van der Waals surface area (Å²) in [5, 5.41) is 3.35. The Kier molecular flexibility index (Phi) is 8.03. The third-order valence-corrected chi connectivity index (χ3v) is 3.18. The van der Waals surface area contributed by atoms with Crippen molar-refractivity contribution >= 4 is 0 Å². The fraction of sp³-hybridized carbons (Fsp3) is 1.00. The molecule has 0 bridgehead atoms. The molecule has 0 spiro atoms.